The van der Waals surface area contributed by atoms with E-state index >= 15 is 0 Å². The van der Waals surface area contributed by atoms with Gasteiger partial charge in [-0.3, -0.25) is 0 Å². The van der Waals surface area contributed by atoms with E-state index in [-0.39, 0.29) is 6.04 Å². The monoisotopic (exact) mass is 389 g/mol. The highest BCUT2D eigenvalue weighted by atomic mass is 16.5. The normalized spacial score (nSPS) is 11.8. The first-order valence-electron chi connectivity index (χ1n) is 9.76. The number of hydrogen-bond acceptors (Lipinski definition) is 3. The van der Waals surface area contributed by atoms with Crippen LogP contribution in [0.1, 0.15) is 17.2 Å². The fourth-order valence-electron chi connectivity index (χ4n) is 3.58. The van der Waals surface area contributed by atoms with E-state index in [1.54, 1.807) is 7.11 Å². The summed E-state index contributed by atoms with van der Waals surface area (Å²) in [5.74, 6) is 7.60. The third-order valence-electron chi connectivity index (χ3n) is 5.14. The first-order valence-corrected chi connectivity index (χ1v) is 9.76. The van der Waals surface area contributed by atoms with E-state index < -0.39 is 0 Å². The zero-order chi connectivity index (χ0) is 20.3. The van der Waals surface area contributed by atoms with Gasteiger partial charge in [-0.1, -0.05) is 71.7 Å². The summed E-state index contributed by atoms with van der Waals surface area (Å²) < 4.78 is 7.24. The summed E-state index contributed by atoms with van der Waals surface area (Å²) >= 11 is 0. The van der Waals surface area contributed by atoms with Crippen molar-refractivity contribution in [3.05, 3.63) is 102 Å². The van der Waals surface area contributed by atoms with Crippen molar-refractivity contribution in [2.24, 2.45) is 0 Å². The number of rotatable bonds is 3. The van der Waals surface area contributed by atoms with Gasteiger partial charge in [0.1, 0.15) is 17.3 Å². The summed E-state index contributed by atoms with van der Waals surface area (Å²) in [6, 6.07) is 30.2. The maximum atomic E-state index is 5.35. The minimum Gasteiger partial charge on any atom is -0.497 e. The van der Waals surface area contributed by atoms with Gasteiger partial charge < -0.3 is 4.74 Å². The second kappa shape index (κ2) is 7.73. The number of hydrogen-bond donors (Lipinski definition) is 0. The predicted octanol–water partition coefficient (Wildman–Crippen LogP) is 5.23. The van der Waals surface area contributed by atoms with Crippen LogP contribution < -0.4 is 4.74 Å². The number of fused-ring (bicyclic) bond motifs is 2. The third kappa shape index (κ3) is 3.38. The van der Waals surface area contributed by atoms with Crippen LogP contribution in [0.4, 0.5) is 0 Å². The molecule has 5 rings (SSSR count). The highest BCUT2D eigenvalue weighted by molar-refractivity contribution is 5.85. The summed E-state index contributed by atoms with van der Waals surface area (Å²) in [4.78, 5) is 0. The van der Waals surface area contributed by atoms with Crippen molar-refractivity contribution in [1.82, 2.24) is 15.0 Å². The van der Waals surface area contributed by atoms with E-state index in [0.717, 1.165) is 38.7 Å². The van der Waals surface area contributed by atoms with Crippen LogP contribution in [-0.2, 0) is 0 Å². The molecule has 1 heterocycles. The molecule has 5 aromatic rings. The Hall–Kier alpha value is -4.10. The minimum atomic E-state index is -0.236. The van der Waals surface area contributed by atoms with Gasteiger partial charge in [0.2, 0.25) is 0 Å². The number of aromatic nitrogens is 3. The summed E-state index contributed by atoms with van der Waals surface area (Å²) in [6.45, 7) is 0. The first-order chi connectivity index (χ1) is 14.8. The fourth-order valence-corrected chi connectivity index (χ4v) is 3.58. The molecule has 0 aliphatic heterocycles. The van der Waals surface area contributed by atoms with Gasteiger partial charge in [0, 0.05) is 5.56 Å². The molecular weight excluding hydrogens is 370 g/mol. The lowest BCUT2D eigenvalue weighted by molar-refractivity contribution is 0.415. The average Bonchev–Trinajstić information content (AvgIpc) is 3.23. The van der Waals surface area contributed by atoms with Crippen molar-refractivity contribution in [3.8, 4) is 17.6 Å². The molecule has 0 aliphatic carbocycles. The van der Waals surface area contributed by atoms with Gasteiger partial charge in [-0.2, -0.15) is 0 Å². The van der Waals surface area contributed by atoms with Crippen LogP contribution in [0, 0.1) is 11.8 Å². The predicted molar refractivity (Wildman–Crippen MR) is 119 cm³/mol. The third-order valence-corrected chi connectivity index (χ3v) is 5.14. The van der Waals surface area contributed by atoms with Crippen molar-refractivity contribution >= 4 is 21.8 Å². The van der Waals surface area contributed by atoms with Crippen LogP contribution in [-0.4, -0.2) is 22.1 Å². The molecule has 0 N–H and O–H groups in total. The van der Waals surface area contributed by atoms with Crippen LogP contribution in [0.25, 0.3) is 21.8 Å². The molecule has 4 nitrogen and oxygen atoms in total. The molecule has 1 atom stereocenters. The summed E-state index contributed by atoms with van der Waals surface area (Å²) in [5.41, 5.74) is 3.84. The van der Waals surface area contributed by atoms with Crippen molar-refractivity contribution in [3.63, 3.8) is 0 Å². The van der Waals surface area contributed by atoms with Gasteiger partial charge in [-0.25, -0.2) is 4.68 Å². The Morgan fingerprint density at radius 3 is 2.50 bits per heavy atom. The fraction of sp³-hybridized carbons (Fsp3) is 0.0769. The van der Waals surface area contributed by atoms with Gasteiger partial charge in [0.25, 0.3) is 0 Å². The molecule has 4 heteroatoms. The van der Waals surface area contributed by atoms with Crippen molar-refractivity contribution < 1.29 is 4.74 Å². The van der Waals surface area contributed by atoms with Gasteiger partial charge in [-0.05, 0) is 52.7 Å². The van der Waals surface area contributed by atoms with E-state index in [4.69, 9.17) is 4.74 Å². The van der Waals surface area contributed by atoms with Crippen molar-refractivity contribution in [2.45, 2.75) is 6.04 Å². The lowest BCUT2D eigenvalue weighted by Gasteiger charge is -2.12. The van der Waals surface area contributed by atoms with Gasteiger partial charge in [-0.15, -0.1) is 5.10 Å². The molecule has 0 fully saturated rings. The first kappa shape index (κ1) is 18.0. The van der Waals surface area contributed by atoms with E-state index in [1.165, 1.54) is 0 Å². The maximum absolute atomic E-state index is 5.35. The molecule has 1 unspecified atom stereocenters. The molecule has 1 aromatic heterocycles. The number of benzene rings is 4. The molecule has 30 heavy (non-hydrogen) atoms. The van der Waals surface area contributed by atoms with Crippen LogP contribution in [0.15, 0.2) is 91.0 Å². The summed E-state index contributed by atoms with van der Waals surface area (Å²) in [7, 11) is 1.68. The lowest BCUT2D eigenvalue weighted by Crippen LogP contribution is -2.10. The summed E-state index contributed by atoms with van der Waals surface area (Å²) in [5, 5.41) is 11.0. The van der Waals surface area contributed by atoms with Crippen molar-refractivity contribution in [1.29, 1.82) is 0 Å². The van der Waals surface area contributed by atoms with Crippen LogP contribution in [0.5, 0.6) is 5.75 Å². The molecule has 0 saturated heterocycles. The SMILES string of the molecule is COc1ccc2ccc(C#CC(c3ccccc3)n3nnc4ccccc43)cc2c1. The molecule has 144 valence electrons. The molecule has 0 amide bonds. The van der Waals surface area contributed by atoms with Crippen LogP contribution in [0.3, 0.4) is 0 Å². The minimum absolute atomic E-state index is 0.236. The zero-order valence-electron chi connectivity index (χ0n) is 16.5. The highest BCUT2D eigenvalue weighted by Gasteiger charge is 2.15. The van der Waals surface area contributed by atoms with Crippen molar-refractivity contribution in [2.75, 3.05) is 7.11 Å². The van der Waals surface area contributed by atoms with E-state index in [0.29, 0.717) is 0 Å². The highest BCUT2D eigenvalue weighted by Crippen LogP contribution is 2.24. The number of ether oxygens (including phenoxy) is 1. The smallest absolute Gasteiger partial charge is 0.140 e. The molecule has 0 bridgehead atoms. The molecule has 0 aliphatic rings. The van der Waals surface area contributed by atoms with E-state index in [2.05, 4.69) is 52.5 Å². The standard InChI is InChI=1S/C26H19N3O/c1-30-23-15-14-20-13-11-19(17-22(20)18-23)12-16-25(21-7-3-2-4-8-21)29-26-10-6-5-9-24(26)27-28-29/h2-11,13-15,17-18,25H,1H3. The van der Waals surface area contributed by atoms with Gasteiger partial charge in [0.05, 0.1) is 12.6 Å². The Morgan fingerprint density at radius 2 is 1.63 bits per heavy atom. The molecular formula is C26H19N3O. The average molecular weight is 389 g/mol. The number of methoxy groups -OCH3 is 1. The largest absolute Gasteiger partial charge is 0.497 e. The molecule has 0 saturated carbocycles. The van der Waals surface area contributed by atoms with E-state index in [1.807, 2.05) is 65.3 Å². The zero-order valence-corrected chi connectivity index (χ0v) is 16.5. The quantitative estimate of drug-likeness (QED) is 0.397. The summed E-state index contributed by atoms with van der Waals surface area (Å²) in [6.07, 6.45) is 0. The lowest BCUT2D eigenvalue weighted by atomic mass is 10.0. The topological polar surface area (TPSA) is 39.9 Å². The Morgan fingerprint density at radius 1 is 0.833 bits per heavy atom. The Labute approximate surface area is 174 Å². The van der Waals surface area contributed by atoms with Crippen LogP contribution in [0.2, 0.25) is 0 Å². The Bertz CT molecular complexity index is 1390. The molecule has 4 aromatic carbocycles. The Balaban J connectivity index is 1.60. The van der Waals surface area contributed by atoms with Crippen LogP contribution >= 0.6 is 0 Å². The van der Waals surface area contributed by atoms with E-state index in [9.17, 15) is 0 Å². The number of nitrogens with zero attached hydrogens (tertiary/aromatic N) is 3. The second-order valence-corrected chi connectivity index (χ2v) is 7.03. The maximum Gasteiger partial charge on any atom is 0.140 e. The van der Waals surface area contributed by atoms with Gasteiger partial charge >= 0.3 is 0 Å². The molecule has 0 spiro atoms. The molecule has 0 radical (unpaired) electrons. The van der Waals surface area contributed by atoms with Gasteiger partial charge in [0.15, 0.2) is 0 Å². The number of para-hydroxylation sites is 1. The Kier molecular flexibility index (Phi) is 4.63. The second-order valence-electron chi connectivity index (χ2n) is 7.03.